The molecule has 2 aliphatic heterocycles. The Balaban J connectivity index is 1.56. The average Bonchev–Trinajstić information content (AvgIpc) is 3.49. The zero-order chi connectivity index (χ0) is 32.0. The highest BCUT2D eigenvalue weighted by molar-refractivity contribution is 7.07. The van der Waals surface area contributed by atoms with E-state index in [1.165, 1.54) is 31.8 Å². The Kier molecular flexibility index (Phi) is 7.71. The maximum absolute atomic E-state index is 14.4. The van der Waals surface area contributed by atoms with Gasteiger partial charge in [0.25, 0.3) is 11.5 Å². The molecule has 1 atom stereocenters. The zero-order valence-corrected chi connectivity index (χ0v) is 26.1. The summed E-state index contributed by atoms with van der Waals surface area (Å²) < 4.78 is 17.5. The van der Waals surface area contributed by atoms with Crippen LogP contribution in [0.5, 0.6) is 11.5 Å². The van der Waals surface area contributed by atoms with Crippen molar-refractivity contribution >= 4 is 40.4 Å². The number of fused-ring (bicyclic) bond motifs is 2. The molecule has 10 nitrogen and oxygen atoms in total. The Morgan fingerprint density at radius 1 is 0.956 bits per heavy atom. The van der Waals surface area contributed by atoms with Gasteiger partial charge in [-0.25, -0.2) is 9.79 Å². The molecule has 0 fully saturated rings. The van der Waals surface area contributed by atoms with Gasteiger partial charge in [0.15, 0.2) is 16.3 Å². The van der Waals surface area contributed by atoms with Crippen LogP contribution in [0.2, 0.25) is 0 Å². The number of amides is 1. The maximum Gasteiger partial charge on any atom is 0.338 e. The van der Waals surface area contributed by atoms with E-state index >= 15 is 0 Å². The number of ether oxygens (including phenoxy) is 3. The number of benzene rings is 3. The lowest BCUT2D eigenvalue weighted by atomic mass is 9.95. The lowest BCUT2D eigenvalue weighted by molar-refractivity contribution is -0.136. The summed E-state index contributed by atoms with van der Waals surface area (Å²) in [5.41, 5.74) is 4.24. The summed E-state index contributed by atoms with van der Waals surface area (Å²) in [5.74, 6) is -1.06. The molecule has 3 aromatic carbocycles. The normalized spacial score (nSPS) is 16.6. The monoisotopic (exact) mass is 623 g/mol. The second kappa shape index (κ2) is 11.7. The third kappa shape index (κ3) is 5.14. The molecule has 3 heterocycles. The Labute approximate surface area is 262 Å². The molecule has 4 aromatic rings. The fraction of sp³-hybridized carbons (Fsp3) is 0.206. The number of methoxy groups -OCH3 is 2. The van der Waals surface area contributed by atoms with Crippen LogP contribution in [0.15, 0.2) is 87.8 Å². The van der Waals surface area contributed by atoms with Crippen molar-refractivity contribution < 1.29 is 28.6 Å². The number of rotatable bonds is 6. The summed E-state index contributed by atoms with van der Waals surface area (Å²) in [4.78, 5) is 59.9. The molecule has 2 aliphatic rings. The van der Waals surface area contributed by atoms with Gasteiger partial charge in [0.2, 0.25) is 0 Å². The first-order chi connectivity index (χ1) is 21.6. The number of allylic oxidation sites excluding steroid dienone is 1. The second-order valence-corrected chi connectivity index (χ2v) is 11.6. The minimum atomic E-state index is -0.960. The highest BCUT2D eigenvalue weighted by Crippen LogP contribution is 2.38. The summed E-state index contributed by atoms with van der Waals surface area (Å²) in [6.07, 6.45) is 0. The number of para-hydroxylation sites is 1. The second-order valence-electron chi connectivity index (χ2n) is 10.7. The molecule has 0 saturated carbocycles. The lowest BCUT2D eigenvalue weighted by Crippen LogP contribution is -2.40. The molecular formula is C34H29N3O7S. The van der Waals surface area contributed by atoms with Gasteiger partial charge in [-0.2, -0.15) is 0 Å². The molecular weight excluding hydrogens is 594 g/mol. The Morgan fingerprint density at radius 3 is 2.38 bits per heavy atom. The first kappa shape index (κ1) is 29.8. The molecule has 228 valence electrons. The molecule has 0 unspecified atom stereocenters. The van der Waals surface area contributed by atoms with Gasteiger partial charge in [0, 0.05) is 12.5 Å². The lowest BCUT2D eigenvalue weighted by Gasteiger charge is -2.25. The molecule has 1 aromatic heterocycles. The summed E-state index contributed by atoms with van der Waals surface area (Å²) in [6, 6.07) is 19.2. The van der Waals surface area contributed by atoms with Crippen molar-refractivity contribution in [3.63, 3.8) is 0 Å². The van der Waals surface area contributed by atoms with Crippen LogP contribution in [-0.4, -0.2) is 36.6 Å². The Bertz CT molecular complexity index is 2110. The van der Waals surface area contributed by atoms with Gasteiger partial charge in [-0.3, -0.25) is 19.0 Å². The van der Waals surface area contributed by atoms with E-state index in [9.17, 15) is 19.2 Å². The van der Waals surface area contributed by atoms with Crippen molar-refractivity contribution in [3.05, 3.63) is 120 Å². The largest absolute Gasteiger partial charge is 0.493 e. The van der Waals surface area contributed by atoms with Crippen LogP contribution < -0.4 is 29.3 Å². The van der Waals surface area contributed by atoms with E-state index in [-0.39, 0.29) is 33.1 Å². The molecule has 0 aliphatic carbocycles. The van der Waals surface area contributed by atoms with Crippen LogP contribution >= 0.6 is 11.3 Å². The predicted octanol–water partition coefficient (Wildman–Crippen LogP) is 3.57. The Morgan fingerprint density at radius 2 is 1.69 bits per heavy atom. The van der Waals surface area contributed by atoms with E-state index in [0.29, 0.717) is 33.9 Å². The number of carbonyl (C=O) groups is 3. The number of esters is 2. The molecule has 6 rings (SSSR count). The molecule has 0 N–H and O–H groups in total. The molecule has 0 spiro atoms. The van der Waals surface area contributed by atoms with Gasteiger partial charge < -0.3 is 19.1 Å². The number of hydrogen-bond donors (Lipinski definition) is 0. The zero-order valence-electron chi connectivity index (χ0n) is 25.2. The number of nitrogens with zero attached hydrogens (tertiary/aromatic N) is 3. The van der Waals surface area contributed by atoms with Crippen LogP contribution in [0, 0.1) is 6.92 Å². The van der Waals surface area contributed by atoms with Crippen molar-refractivity contribution in [1.82, 2.24) is 4.57 Å². The van der Waals surface area contributed by atoms with Gasteiger partial charge in [-0.15, -0.1) is 0 Å². The predicted molar refractivity (Wildman–Crippen MR) is 168 cm³/mol. The number of aryl methyl sites for hydroxylation is 1. The van der Waals surface area contributed by atoms with E-state index in [1.54, 1.807) is 24.0 Å². The third-order valence-electron chi connectivity index (χ3n) is 7.77. The van der Waals surface area contributed by atoms with Gasteiger partial charge >= 0.3 is 11.9 Å². The minimum absolute atomic E-state index is 0.155. The van der Waals surface area contributed by atoms with E-state index in [0.717, 1.165) is 22.5 Å². The van der Waals surface area contributed by atoms with E-state index in [1.807, 2.05) is 55.5 Å². The fourth-order valence-corrected chi connectivity index (χ4v) is 6.82. The van der Waals surface area contributed by atoms with Crippen molar-refractivity contribution in [2.45, 2.75) is 33.4 Å². The van der Waals surface area contributed by atoms with Gasteiger partial charge in [0.05, 0.1) is 49.3 Å². The average molecular weight is 624 g/mol. The number of aromatic nitrogens is 1. The van der Waals surface area contributed by atoms with Crippen LogP contribution in [0.1, 0.15) is 42.1 Å². The first-order valence-corrected chi connectivity index (χ1v) is 14.9. The molecule has 1 amide bonds. The number of thiazole rings is 1. The standard InChI is InChI=1S/C34H29N3O7S/c1-18-10-12-21(13-11-18)17-36-24-9-7-6-8-23(24)28(31(36)39)30-32(40)37-29(27(33(41)43-5)19(2)35-34(37)45-30)22-14-15-25(44-20(3)38)26(16-22)42-4/h6-16,29H,17H2,1-5H3/b30-28-/t29-/m0/s1. The SMILES string of the molecule is COC(=O)C1=C(C)N=c2s/c(=C3\C(=O)N(Cc4ccc(C)cc4)c4ccccc43)c(=O)n2[C@H]1c1ccc(OC(C)=O)c(OC)c1. The Hall–Kier alpha value is -5.29. The van der Waals surface area contributed by atoms with Gasteiger partial charge in [-0.1, -0.05) is 65.4 Å². The molecule has 0 radical (unpaired) electrons. The quantitative estimate of drug-likeness (QED) is 0.238. The molecule has 11 heteroatoms. The summed E-state index contributed by atoms with van der Waals surface area (Å²) in [7, 11) is 2.68. The van der Waals surface area contributed by atoms with Crippen molar-refractivity contribution in [2.75, 3.05) is 19.1 Å². The summed E-state index contributed by atoms with van der Waals surface area (Å²) in [5, 5.41) is 0. The number of anilines is 1. The molecule has 45 heavy (non-hydrogen) atoms. The maximum atomic E-state index is 14.4. The van der Waals surface area contributed by atoms with E-state index in [4.69, 9.17) is 14.2 Å². The highest BCUT2D eigenvalue weighted by Gasteiger charge is 2.37. The highest BCUT2D eigenvalue weighted by atomic mass is 32.1. The van der Waals surface area contributed by atoms with Crippen LogP contribution in [0.3, 0.4) is 0 Å². The summed E-state index contributed by atoms with van der Waals surface area (Å²) in [6.45, 7) is 5.28. The van der Waals surface area contributed by atoms with Gasteiger partial charge in [-0.05, 0) is 43.2 Å². The smallest absolute Gasteiger partial charge is 0.338 e. The van der Waals surface area contributed by atoms with Crippen LogP contribution in [-0.2, 0) is 25.7 Å². The number of carbonyl (C=O) groups excluding carboxylic acids is 3. The van der Waals surface area contributed by atoms with Crippen LogP contribution in [0.4, 0.5) is 5.69 Å². The number of hydrogen-bond acceptors (Lipinski definition) is 9. The van der Waals surface area contributed by atoms with Crippen molar-refractivity contribution in [3.8, 4) is 11.5 Å². The van der Waals surface area contributed by atoms with E-state index in [2.05, 4.69) is 4.99 Å². The fourth-order valence-electron chi connectivity index (χ4n) is 5.68. The van der Waals surface area contributed by atoms with E-state index < -0.39 is 23.5 Å². The molecule has 0 saturated heterocycles. The topological polar surface area (TPSA) is 117 Å². The van der Waals surface area contributed by atoms with Gasteiger partial charge in [0.1, 0.15) is 4.53 Å². The van der Waals surface area contributed by atoms with Crippen molar-refractivity contribution in [2.24, 2.45) is 4.99 Å². The summed E-state index contributed by atoms with van der Waals surface area (Å²) >= 11 is 1.09. The van der Waals surface area contributed by atoms with Crippen molar-refractivity contribution in [1.29, 1.82) is 0 Å². The molecule has 0 bridgehead atoms. The van der Waals surface area contributed by atoms with Crippen LogP contribution in [0.25, 0.3) is 5.57 Å². The third-order valence-corrected chi connectivity index (χ3v) is 8.82. The minimum Gasteiger partial charge on any atom is -0.493 e. The first-order valence-electron chi connectivity index (χ1n) is 14.1.